The molecule has 2 amide bonds. The largest absolute Gasteiger partial charge is 0.434 e. The summed E-state index contributed by atoms with van der Waals surface area (Å²) >= 11 is 5.90. The van der Waals surface area contributed by atoms with Crippen LogP contribution in [0.15, 0.2) is 30.5 Å². The maximum atomic E-state index is 13.9. The molecule has 0 bridgehead atoms. The number of benzene rings is 1. The third-order valence-electron chi connectivity index (χ3n) is 5.29. The van der Waals surface area contributed by atoms with E-state index in [-0.39, 0.29) is 42.3 Å². The Morgan fingerprint density at radius 3 is 2.48 bits per heavy atom. The van der Waals surface area contributed by atoms with E-state index < -0.39 is 23.3 Å². The minimum absolute atomic E-state index is 0.0653. The summed E-state index contributed by atoms with van der Waals surface area (Å²) < 4.78 is 42.3. The third-order valence-corrected chi connectivity index (χ3v) is 5.53. The van der Waals surface area contributed by atoms with Crippen LogP contribution in [-0.2, 0) is 11.0 Å². The van der Waals surface area contributed by atoms with Crippen molar-refractivity contribution in [3.05, 3.63) is 46.7 Å². The number of piperazine rings is 1. The van der Waals surface area contributed by atoms with Gasteiger partial charge in [-0.25, -0.2) is 4.68 Å². The highest BCUT2D eigenvalue weighted by Crippen LogP contribution is 2.34. The first-order valence-electron chi connectivity index (χ1n) is 9.94. The molecule has 1 saturated carbocycles. The van der Waals surface area contributed by atoms with Crippen molar-refractivity contribution in [3.8, 4) is 5.69 Å². The number of carbonyl (C=O) groups is 2. The molecule has 1 aromatic carbocycles. The highest BCUT2D eigenvalue weighted by Gasteiger charge is 2.41. The summed E-state index contributed by atoms with van der Waals surface area (Å²) in [6.07, 6.45) is -1.84. The molecule has 1 aromatic heterocycles. The van der Waals surface area contributed by atoms with Crippen molar-refractivity contribution in [2.75, 3.05) is 32.7 Å². The second-order valence-corrected chi connectivity index (χ2v) is 8.14. The van der Waals surface area contributed by atoms with Crippen molar-refractivity contribution in [1.29, 1.82) is 0 Å². The molecule has 0 unspecified atom stereocenters. The topological polar surface area (TPSA) is 70.5 Å². The highest BCUT2D eigenvalue weighted by atomic mass is 35.5. The lowest BCUT2D eigenvalue weighted by atomic mass is 10.1. The molecular formula is C20H21ClF3N5O2. The zero-order chi connectivity index (χ0) is 22.2. The molecule has 1 saturated heterocycles. The number of hydrogen-bond donors (Lipinski definition) is 1. The second kappa shape index (κ2) is 8.51. The summed E-state index contributed by atoms with van der Waals surface area (Å²) in [4.78, 5) is 28.1. The molecule has 2 fully saturated rings. The molecular weight excluding hydrogens is 435 g/mol. The van der Waals surface area contributed by atoms with Crippen LogP contribution in [0.2, 0.25) is 5.02 Å². The van der Waals surface area contributed by atoms with Crippen LogP contribution in [0.3, 0.4) is 0 Å². The van der Waals surface area contributed by atoms with Crippen molar-refractivity contribution >= 4 is 23.4 Å². The van der Waals surface area contributed by atoms with Crippen molar-refractivity contribution in [2.45, 2.75) is 25.1 Å². The molecule has 1 aliphatic carbocycles. The van der Waals surface area contributed by atoms with Gasteiger partial charge >= 0.3 is 6.18 Å². The Bertz CT molecular complexity index is 981. The molecule has 31 heavy (non-hydrogen) atoms. The Balaban J connectivity index is 1.48. The highest BCUT2D eigenvalue weighted by molar-refractivity contribution is 6.30. The van der Waals surface area contributed by atoms with E-state index in [0.717, 1.165) is 19.0 Å². The summed E-state index contributed by atoms with van der Waals surface area (Å²) in [7, 11) is 0. The van der Waals surface area contributed by atoms with Crippen molar-refractivity contribution in [2.24, 2.45) is 0 Å². The summed E-state index contributed by atoms with van der Waals surface area (Å²) in [5, 5.41) is 6.99. The van der Waals surface area contributed by atoms with Crippen LogP contribution in [0.4, 0.5) is 13.2 Å². The Morgan fingerprint density at radius 1 is 1.16 bits per heavy atom. The van der Waals surface area contributed by atoms with E-state index in [1.54, 1.807) is 0 Å². The van der Waals surface area contributed by atoms with Gasteiger partial charge in [0.05, 0.1) is 24.0 Å². The lowest BCUT2D eigenvalue weighted by Crippen LogP contribution is -2.51. The van der Waals surface area contributed by atoms with Gasteiger partial charge < -0.3 is 10.2 Å². The van der Waals surface area contributed by atoms with Crippen LogP contribution in [0.1, 0.15) is 28.9 Å². The van der Waals surface area contributed by atoms with Crippen LogP contribution in [0.5, 0.6) is 0 Å². The molecule has 2 heterocycles. The number of alkyl halides is 3. The van der Waals surface area contributed by atoms with Gasteiger partial charge in [0.15, 0.2) is 5.69 Å². The number of hydrogen-bond acceptors (Lipinski definition) is 4. The monoisotopic (exact) mass is 455 g/mol. The number of halogens is 4. The number of rotatable bonds is 5. The van der Waals surface area contributed by atoms with E-state index in [1.807, 2.05) is 4.90 Å². The van der Waals surface area contributed by atoms with Gasteiger partial charge in [0.25, 0.3) is 5.91 Å². The zero-order valence-electron chi connectivity index (χ0n) is 16.5. The van der Waals surface area contributed by atoms with E-state index in [1.165, 1.54) is 29.2 Å². The van der Waals surface area contributed by atoms with Gasteiger partial charge in [-0.05, 0) is 31.0 Å². The van der Waals surface area contributed by atoms with Crippen molar-refractivity contribution < 1.29 is 22.8 Å². The van der Waals surface area contributed by atoms with Crippen LogP contribution in [-0.4, -0.2) is 70.2 Å². The third kappa shape index (κ3) is 5.01. The number of amides is 2. The van der Waals surface area contributed by atoms with Gasteiger partial charge in [0, 0.05) is 37.2 Å². The van der Waals surface area contributed by atoms with Crippen LogP contribution < -0.4 is 5.32 Å². The van der Waals surface area contributed by atoms with Gasteiger partial charge in [-0.1, -0.05) is 17.7 Å². The molecule has 1 N–H and O–H groups in total. The fourth-order valence-corrected chi connectivity index (χ4v) is 3.75. The minimum atomic E-state index is -4.79. The fraction of sp³-hybridized carbons (Fsp3) is 0.450. The number of nitrogens with zero attached hydrogens (tertiary/aromatic N) is 4. The summed E-state index contributed by atoms with van der Waals surface area (Å²) in [6.45, 7) is 1.50. The van der Waals surface area contributed by atoms with E-state index in [9.17, 15) is 22.8 Å². The molecule has 0 atom stereocenters. The average Bonchev–Trinajstić information content (AvgIpc) is 3.39. The van der Waals surface area contributed by atoms with Gasteiger partial charge in [-0.3, -0.25) is 14.5 Å². The summed E-state index contributed by atoms with van der Waals surface area (Å²) in [5.41, 5.74) is -1.52. The lowest BCUT2D eigenvalue weighted by Gasteiger charge is -2.34. The van der Waals surface area contributed by atoms with Gasteiger partial charge in [-0.15, -0.1) is 0 Å². The number of aromatic nitrogens is 2. The van der Waals surface area contributed by atoms with E-state index in [0.29, 0.717) is 17.8 Å². The normalized spacial score (nSPS) is 17.6. The van der Waals surface area contributed by atoms with Crippen molar-refractivity contribution in [1.82, 2.24) is 24.9 Å². The van der Waals surface area contributed by atoms with E-state index in [4.69, 9.17) is 11.6 Å². The predicted octanol–water partition coefficient (Wildman–Crippen LogP) is 2.58. The fourth-order valence-electron chi connectivity index (χ4n) is 3.56. The quantitative estimate of drug-likeness (QED) is 0.752. The van der Waals surface area contributed by atoms with Gasteiger partial charge in [-0.2, -0.15) is 18.3 Å². The SMILES string of the molecule is O=C(CN1CCN(C(=O)c2cnn(-c3cccc(Cl)c3)c2C(F)(F)F)CC1)NC1CC1. The Labute approximate surface area is 181 Å². The maximum Gasteiger partial charge on any atom is 0.434 e. The van der Waals surface area contributed by atoms with Gasteiger partial charge in [0.1, 0.15) is 0 Å². The van der Waals surface area contributed by atoms with Crippen molar-refractivity contribution in [3.63, 3.8) is 0 Å². The first kappa shape index (κ1) is 21.6. The van der Waals surface area contributed by atoms with Crippen LogP contribution in [0, 0.1) is 0 Å². The average molecular weight is 456 g/mol. The van der Waals surface area contributed by atoms with E-state index in [2.05, 4.69) is 10.4 Å². The Kier molecular flexibility index (Phi) is 5.94. The molecule has 166 valence electrons. The minimum Gasteiger partial charge on any atom is -0.352 e. The molecule has 4 rings (SSSR count). The molecule has 0 spiro atoms. The molecule has 2 aliphatic rings. The number of nitrogens with one attached hydrogen (secondary N) is 1. The first-order valence-corrected chi connectivity index (χ1v) is 10.3. The maximum absolute atomic E-state index is 13.9. The predicted molar refractivity (Wildman–Crippen MR) is 107 cm³/mol. The Morgan fingerprint density at radius 2 is 1.87 bits per heavy atom. The molecule has 11 heteroatoms. The van der Waals surface area contributed by atoms with E-state index >= 15 is 0 Å². The van der Waals surface area contributed by atoms with Crippen LogP contribution in [0.25, 0.3) is 5.69 Å². The summed E-state index contributed by atoms with van der Waals surface area (Å²) in [5.74, 6) is -0.799. The standard InChI is InChI=1S/C20H21ClF3N5O2/c21-13-2-1-3-15(10-13)29-18(20(22,23)24)16(11-25-29)19(31)28-8-6-27(7-9-28)12-17(30)26-14-4-5-14/h1-3,10-11,14H,4-9,12H2,(H,26,30). The lowest BCUT2D eigenvalue weighted by molar-refractivity contribution is -0.143. The first-order chi connectivity index (χ1) is 14.7. The summed E-state index contributed by atoms with van der Waals surface area (Å²) in [6, 6.07) is 6.11. The number of carbonyl (C=O) groups excluding carboxylic acids is 2. The van der Waals surface area contributed by atoms with Crippen LogP contribution >= 0.6 is 11.6 Å². The zero-order valence-corrected chi connectivity index (χ0v) is 17.3. The second-order valence-electron chi connectivity index (χ2n) is 7.71. The smallest absolute Gasteiger partial charge is 0.352 e. The van der Waals surface area contributed by atoms with Gasteiger partial charge in [0.2, 0.25) is 5.91 Å². The Hall–Kier alpha value is -2.59. The molecule has 2 aromatic rings. The molecule has 1 aliphatic heterocycles. The molecule has 0 radical (unpaired) electrons. The molecule has 7 nitrogen and oxygen atoms in total.